The first kappa shape index (κ1) is 15.1. The van der Waals surface area contributed by atoms with Crippen molar-refractivity contribution in [3.63, 3.8) is 0 Å². The monoisotopic (exact) mass is 361 g/mol. The Bertz CT molecular complexity index is 992. The third kappa shape index (κ3) is 2.40. The summed E-state index contributed by atoms with van der Waals surface area (Å²) in [4.78, 5) is 4.91. The van der Waals surface area contributed by atoms with Crippen molar-refractivity contribution in [3.8, 4) is 0 Å². The molecule has 1 aliphatic carbocycles. The van der Waals surface area contributed by atoms with Crippen LogP contribution in [0, 0.1) is 0 Å². The van der Waals surface area contributed by atoms with Gasteiger partial charge in [-0.05, 0) is 55.3 Å². The highest BCUT2D eigenvalue weighted by Crippen LogP contribution is 2.53. The average molecular weight is 362 g/mol. The maximum atomic E-state index is 6.49. The van der Waals surface area contributed by atoms with Gasteiger partial charge < -0.3 is 4.90 Å². The zero-order valence-corrected chi connectivity index (χ0v) is 15.4. The fourth-order valence-electron chi connectivity index (χ4n) is 3.72. The average Bonchev–Trinajstić information content (AvgIpc) is 2.99. The number of hydrogen-bond acceptors (Lipinski definition) is 2. The Labute approximate surface area is 156 Å². The topological polar surface area (TPSA) is 3.24 Å². The summed E-state index contributed by atoms with van der Waals surface area (Å²) in [7, 11) is 0. The van der Waals surface area contributed by atoms with Gasteiger partial charge in [-0.25, -0.2) is 0 Å². The summed E-state index contributed by atoms with van der Waals surface area (Å²) in [5.41, 5.74) is 7.58. The molecular weight excluding hydrogens is 346 g/mol. The third-order valence-corrected chi connectivity index (χ3v) is 6.09. The second kappa shape index (κ2) is 5.69. The molecule has 3 aromatic carbocycles. The van der Waals surface area contributed by atoms with Crippen LogP contribution in [0.2, 0.25) is 5.02 Å². The van der Waals surface area contributed by atoms with E-state index in [9.17, 15) is 0 Å². The van der Waals surface area contributed by atoms with Crippen molar-refractivity contribution >= 4 is 46.5 Å². The third-order valence-electron chi connectivity index (χ3n) is 4.74. The molecule has 5 rings (SSSR count). The largest absolute Gasteiger partial charge is 0.308 e. The molecule has 0 aromatic heterocycles. The minimum absolute atomic E-state index is 0.796. The van der Waals surface area contributed by atoms with Crippen LogP contribution >= 0.6 is 23.4 Å². The Balaban J connectivity index is 1.82. The Morgan fingerprint density at radius 1 is 0.880 bits per heavy atom. The number of para-hydroxylation sites is 2. The molecule has 0 atom stereocenters. The molecule has 0 fully saturated rings. The molecular formula is C22H16ClNS. The second-order valence-corrected chi connectivity index (χ2v) is 8.06. The second-order valence-electron chi connectivity index (χ2n) is 6.54. The van der Waals surface area contributed by atoms with E-state index in [4.69, 9.17) is 11.6 Å². The maximum Gasteiger partial charge on any atom is 0.0601 e. The highest BCUT2D eigenvalue weighted by molar-refractivity contribution is 7.99. The van der Waals surface area contributed by atoms with Gasteiger partial charge in [-0.2, -0.15) is 0 Å². The molecule has 0 unspecified atom stereocenters. The Kier molecular flexibility index (Phi) is 3.44. The van der Waals surface area contributed by atoms with Crippen LogP contribution in [-0.4, -0.2) is 0 Å². The van der Waals surface area contributed by atoms with Crippen LogP contribution in [-0.2, 0) is 6.42 Å². The SMILES string of the molecule is CC1=Cc2c(cc(Cl)cc2N2c3ccccc3Sc3ccccc32)C1. The minimum Gasteiger partial charge on any atom is -0.308 e. The van der Waals surface area contributed by atoms with E-state index < -0.39 is 0 Å². The van der Waals surface area contributed by atoms with Crippen molar-refractivity contribution in [2.24, 2.45) is 0 Å². The number of hydrogen-bond donors (Lipinski definition) is 0. The van der Waals surface area contributed by atoms with E-state index in [0.29, 0.717) is 0 Å². The molecule has 3 heteroatoms. The molecule has 0 bridgehead atoms. The summed E-state index contributed by atoms with van der Waals surface area (Å²) in [6.45, 7) is 2.19. The fourth-order valence-corrected chi connectivity index (χ4v) is 5.01. The fraction of sp³-hybridized carbons (Fsp3) is 0.0909. The Hall–Kier alpha value is -2.16. The van der Waals surface area contributed by atoms with Gasteiger partial charge in [-0.15, -0.1) is 0 Å². The molecule has 122 valence electrons. The van der Waals surface area contributed by atoms with Crippen LogP contribution in [0.1, 0.15) is 18.1 Å². The lowest BCUT2D eigenvalue weighted by Gasteiger charge is -2.34. The van der Waals surface area contributed by atoms with E-state index >= 15 is 0 Å². The number of benzene rings is 3. The van der Waals surface area contributed by atoms with E-state index in [1.807, 2.05) is 11.8 Å². The van der Waals surface area contributed by atoms with Crippen molar-refractivity contribution in [1.29, 1.82) is 0 Å². The van der Waals surface area contributed by atoms with Gasteiger partial charge in [0.05, 0.1) is 17.1 Å². The van der Waals surface area contributed by atoms with Crippen molar-refractivity contribution in [2.45, 2.75) is 23.1 Å². The number of halogens is 1. The molecule has 2 aliphatic rings. The van der Waals surface area contributed by atoms with E-state index in [2.05, 4.69) is 78.6 Å². The van der Waals surface area contributed by atoms with Crippen molar-refractivity contribution in [1.82, 2.24) is 0 Å². The van der Waals surface area contributed by atoms with Crippen molar-refractivity contribution in [3.05, 3.63) is 82.4 Å². The molecule has 0 N–H and O–H groups in total. The quantitative estimate of drug-likeness (QED) is 0.351. The van der Waals surface area contributed by atoms with Gasteiger partial charge in [-0.1, -0.05) is 59.3 Å². The molecule has 25 heavy (non-hydrogen) atoms. The number of rotatable bonds is 1. The molecule has 0 amide bonds. The predicted octanol–water partition coefficient (Wildman–Crippen LogP) is 7.23. The van der Waals surface area contributed by atoms with Crippen LogP contribution < -0.4 is 4.90 Å². The molecule has 1 aliphatic heterocycles. The van der Waals surface area contributed by atoms with Gasteiger partial charge in [0, 0.05) is 20.4 Å². The molecule has 3 aromatic rings. The van der Waals surface area contributed by atoms with Gasteiger partial charge >= 0.3 is 0 Å². The van der Waals surface area contributed by atoms with Gasteiger partial charge in [0.15, 0.2) is 0 Å². The first-order valence-electron chi connectivity index (χ1n) is 8.36. The van der Waals surface area contributed by atoms with Crippen molar-refractivity contribution < 1.29 is 0 Å². The van der Waals surface area contributed by atoms with Crippen LogP contribution in [0.5, 0.6) is 0 Å². The summed E-state index contributed by atoms with van der Waals surface area (Å²) in [6, 6.07) is 21.4. The zero-order chi connectivity index (χ0) is 17.0. The van der Waals surface area contributed by atoms with Gasteiger partial charge in [0.1, 0.15) is 0 Å². The highest BCUT2D eigenvalue weighted by Gasteiger charge is 2.27. The number of nitrogens with zero attached hydrogens (tertiary/aromatic N) is 1. The smallest absolute Gasteiger partial charge is 0.0601 e. The Morgan fingerprint density at radius 3 is 2.20 bits per heavy atom. The van der Waals surface area contributed by atoms with Crippen molar-refractivity contribution in [2.75, 3.05) is 4.90 Å². The predicted molar refractivity (Wildman–Crippen MR) is 108 cm³/mol. The molecule has 0 spiro atoms. The maximum absolute atomic E-state index is 6.49. The zero-order valence-electron chi connectivity index (χ0n) is 13.8. The molecule has 0 radical (unpaired) electrons. The van der Waals surface area contributed by atoms with E-state index in [-0.39, 0.29) is 0 Å². The number of allylic oxidation sites excluding steroid dienone is 1. The van der Waals surface area contributed by atoms with Gasteiger partial charge in [0.25, 0.3) is 0 Å². The van der Waals surface area contributed by atoms with E-state index in [1.165, 1.54) is 43.6 Å². The standard InChI is InChI=1S/C22H16ClNS/c1-14-10-15-12-16(23)13-20(17(15)11-14)24-18-6-2-4-8-21(18)25-22-9-5-3-7-19(22)24/h2-9,11-13H,10H2,1H3. The lowest BCUT2D eigenvalue weighted by atomic mass is 10.0. The first-order valence-corrected chi connectivity index (χ1v) is 9.56. The number of anilines is 3. The summed E-state index contributed by atoms with van der Waals surface area (Å²) >= 11 is 8.32. The molecule has 1 heterocycles. The van der Waals surface area contributed by atoms with E-state index in [1.54, 1.807) is 0 Å². The Morgan fingerprint density at radius 2 is 1.52 bits per heavy atom. The van der Waals surface area contributed by atoms with Crippen LogP contribution in [0.15, 0.2) is 76.0 Å². The molecule has 0 saturated carbocycles. The molecule has 1 nitrogen and oxygen atoms in total. The highest BCUT2D eigenvalue weighted by atomic mass is 35.5. The van der Waals surface area contributed by atoms with Gasteiger partial charge in [-0.3, -0.25) is 0 Å². The minimum atomic E-state index is 0.796. The van der Waals surface area contributed by atoms with Crippen LogP contribution in [0.4, 0.5) is 17.1 Å². The summed E-state index contributed by atoms with van der Waals surface area (Å²) in [5, 5.41) is 0.796. The van der Waals surface area contributed by atoms with E-state index in [0.717, 1.165) is 11.4 Å². The summed E-state index contributed by atoms with van der Waals surface area (Å²) < 4.78 is 0. The van der Waals surface area contributed by atoms with Crippen LogP contribution in [0.25, 0.3) is 6.08 Å². The lowest BCUT2D eigenvalue weighted by Crippen LogP contribution is -2.16. The van der Waals surface area contributed by atoms with Crippen LogP contribution in [0.3, 0.4) is 0 Å². The lowest BCUT2D eigenvalue weighted by molar-refractivity contribution is 1.15. The summed E-state index contributed by atoms with van der Waals surface area (Å²) in [5.74, 6) is 0. The first-order chi connectivity index (χ1) is 12.2. The van der Waals surface area contributed by atoms with Gasteiger partial charge in [0.2, 0.25) is 0 Å². The normalized spacial score (nSPS) is 14.6. The summed E-state index contributed by atoms with van der Waals surface area (Å²) in [6.07, 6.45) is 3.28. The molecule has 0 saturated heterocycles. The number of fused-ring (bicyclic) bond motifs is 3.